The van der Waals surface area contributed by atoms with Gasteiger partial charge in [-0.15, -0.1) is 0 Å². The maximum absolute atomic E-state index is 11.2. The normalized spacial score (nSPS) is 13.3. The van der Waals surface area contributed by atoms with Crippen molar-refractivity contribution in [3.8, 4) is 22.6 Å². The van der Waals surface area contributed by atoms with Gasteiger partial charge in [-0.1, -0.05) is 6.07 Å². The number of carbonyl (C=O) groups is 1. The number of aromatic carboxylic acids is 1. The van der Waals surface area contributed by atoms with E-state index in [1.54, 1.807) is 25.2 Å². The average molecular weight is 260 g/mol. The lowest BCUT2D eigenvalue weighted by Crippen LogP contribution is -2.15. The highest BCUT2D eigenvalue weighted by Gasteiger charge is 2.19. The summed E-state index contributed by atoms with van der Waals surface area (Å²) in [5.41, 5.74) is 1.46. The van der Waals surface area contributed by atoms with Crippen molar-refractivity contribution >= 4 is 5.97 Å². The lowest BCUT2D eigenvalue weighted by Gasteiger charge is -2.18. The van der Waals surface area contributed by atoms with E-state index >= 15 is 0 Å². The molecular weight excluding hydrogens is 248 g/mol. The Labute approximate surface area is 109 Å². The SMILES string of the molecule is Cn1ncc(-c2ccc3c(c2)OCCO3)c1C(=O)O. The first-order valence-corrected chi connectivity index (χ1v) is 5.82. The summed E-state index contributed by atoms with van der Waals surface area (Å²) in [5.74, 6) is 0.296. The molecular formula is C13H12N2O4. The Morgan fingerprint density at radius 2 is 2.05 bits per heavy atom. The van der Waals surface area contributed by atoms with Crippen LogP contribution in [0.3, 0.4) is 0 Å². The van der Waals surface area contributed by atoms with Crippen LogP contribution in [0.4, 0.5) is 0 Å². The van der Waals surface area contributed by atoms with Gasteiger partial charge in [0.2, 0.25) is 0 Å². The lowest BCUT2D eigenvalue weighted by molar-refractivity contribution is 0.0686. The predicted molar refractivity (Wildman–Crippen MR) is 66.6 cm³/mol. The first-order valence-electron chi connectivity index (χ1n) is 5.82. The molecule has 0 atom stereocenters. The maximum atomic E-state index is 11.2. The fourth-order valence-electron chi connectivity index (χ4n) is 2.11. The molecule has 0 saturated carbocycles. The second-order valence-corrected chi connectivity index (χ2v) is 4.19. The van der Waals surface area contributed by atoms with Crippen LogP contribution in [-0.4, -0.2) is 34.1 Å². The minimum absolute atomic E-state index is 0.150. The van der Waals surface area contributed by atoms with Gasteiger partial charge in [-0.25, -0.2) is 4.79 Å². The summed E-state index contributed by atoms with van der Waals surface area (Å²) in [5, 5.41) is 13.2. The van der Waals surface area contributed by atoms with Gasteiger partial charge in [0.05, 0.1) is 6.20 Å². The monoisotopic (exact) mass is 260 g/mol. The van der Waals surface area contributed by atoms with E-state index in [0.717, 1.165) is 5.56 Å². The molecule has 1 N–H and O–H groups in total. The molecule has 0 spiro atoms. The van der Waals surface area contributed by atoms with Crippen LogP contribution in [0.15, 0.2) is 24.4 Å². The molecule has 1 aromatic heterocycles. The Hall–Kier alpha value is -2.50. The third kappa shape index (κ3) is 1.91. The Kier molecular flexibility index (Phi) is 2.63. The fraction of sp³-hybridized carbons (Fsp3) is 0.231. The number of ether oxygens (including phenoxy) is 2. The molecule has 2 aromatic rings. The smallest absolute Gasteiger partial charge is 0.354 e. The molecule has 0 amide bonds. The van der Waals surface area contributed by atoms with Gasteiger partial charge in [-0.05, 0) is 17.7 Å². The lowest BCUT2D eigenvalue weighted by atomic mass is 10.1. The number of carboxylic acid groups (broad SMARTS) is 1. The second-order valence-electron chi connectivity index (χ2n) is 4.19. The molecule has 1 aromatic carbocycles. The molecule has 6 nitrogen and oxygen atoms in total. The summed E-state index contributed by atoms with van der Waals surface area (Å²) in [7, 11) is 1.60. The zero-order chi connectivity index (χ0) is 13.4. The van der Waals surface area contributed by atoms with Crippen molar-refractivity contribution in [3.63, 3.8) is 0 Å². The van der Waals surface area contributed by atoms with Gasteiger partial charge in [0.25, 0.3) is 0 Å². The molecule has 1 aliphatic heterocycles. The third-order valence-electron chi connectivity index (χ3n) is 2.99. The molecule has 0 bridgehead atoms. The van der Waals surface area contributed by atoms with Gasteiger partial charge < -0.3 is 14.6 Å². The van der Waals surface area contributed by atoms with Crippen molar-refractivity contribution in [2.24, 2.45) is 7.05 Å². The highest BCUT2D eigenvalue weighted by Crippen LogP contribution is 2.35. The number of hydrogen-bond donors (Lipinski definition) is 1. The van der Waals surface area contributed by atoms with Crippen molar-refractivity contribution in [1.29, 1.82) is 0 Å². The topological polar surface area (TPSA) is 73.6 Å². The third-order valence-corrected chi connectivity index (χ3v) is 2.99. The van der Waals surface area contributed by atoms with Crippen molar-refractivity contribution in [2.45, 2.75) is 0 Å². The Bertz CT molecular complexity index is 648. The number of fused-ring (bicyclic) bond motifs is 1. The molecule has 1 aliphatic rings. The van der Waals surface area contributed by atoms with Gasteiger partial charge in [-0.3, -0.25) is 4.68 Å². The summed E-state index contributed by atoms with van der Waals surface area (Å²) < 4.78 is 12.3. The highest BCUT2D eigenvalue weighted by atomic mass is 16.6. The van der Waals surface area contributed by atoms with Crippen molar-refractivity contribution in [1.82, 2.24) is 9.78 Å². The molecule has 0 saturated heterocycles. The van der Waals surface area contributed by atoms with Crippen LogP contribution in [0.25, 0.3) is 11.1 Å². The summed E-state index contributed by atoms with van der Waals surface area (Å²) in [6, 6.07) is 5.36. The predicted octanol–water partition coefficient (Wildman–Crippen LogP) is 1.56. The fourth-order valence-corrected chi connectivity index (χ4v) is 2.11. The van der Waals surface area contributed by atoms with Gasteiger partial charge in [0.1, 0.15) is 13.2 Å². The number of rotatable bonds is 2. The quantitative estimate of drug-likeness (QED) is 0.887. The number of aryl methyl sites for hydroxylation is 1. The minimum Gasteiger partial charge on any atom is -0.486 e. The van der Waals surface area contributed by atoms with E-state index in [0.29, 0.717) is 30.3 Å². The molecule has 0 fully saturated rings. The number of aromatic nitrogens is 2. The number of carboxylic acids is 1. The van der Waals surface area contributed by atoms with E-state index in [1.165, 1.54) is 10.9 Å². The molecule has 98 valence electrons. The van der Waals surface area contributed by atoms with E-state index in [4.69, 9.17) is 9.47 Å². The van der Waals surface area contributed by atoms with Crippen molar-refractivity contribution in [2.75, 3.05) is 13.2 Å². The van der Waals surface area contributed by atoms with Gasteiger partial charge >= 0.3 is 5.97 Å². The summed E-state index contributed by atoms with van der Waals surface area (Å²) in [4.78, 5) is 11.2. The number of benzene rings is 1. The number of nitrogens with zero attached hydrogens (tertiary/aromatic N) is 2. The van der Waals surface area contributed by atoms with Crippen LogP contribution in [0.5, 0.6) is 11.5 Å². The van der Waals surface area contributed by atoms with E-state index in [2.05, 4.69) is 5.10 Å². The van der Waals surface area contributed by atoms with Crippen molar-refractivity contribution < 1.29 is 19.4 Å². The van der Waals surface area contributed by atoms with E-state index < -0.39 is 5.97 Å². The molecule has 0 aliphatic carbocycles. The number of hydrogen-bond acceptors (Lipinski definition) is 4. The van der Waals surface area contributed by atoms with Crippen LogP contribution in [-0.2, 0) is 7.05 Å². The van der Waals surface area contributed by atoms with E-state index in [1.807, 2.05) is 0 Å². The highest BCUT2D eigenvalue weighted by molar-refractivity contribution is 5.94. The first-order chi connectivity index (χ1) is 9.16. The van der Waals surface area contributed by atoms with Crippen LogP contribution in [0.1, 0.15) is 10.5 Å². The first kappa shape index (κ1) is 11.6. The summed E-state index contributed by atoms with van der Waals surface area (Å²) in [6.07, 6.45) is 1.54. The Morgan fingerprint density at radius 1 is 1.32 bits per heavy atom. The Balaban J connectivity index is 2.10. The zero-order valence-electron chi connectivity index (χ0n) is 10.3. The molecule has 6 heteroatoms. The molecule has 0 radical (unpaired) electrons. The van der Waals surface area contributed by atoms with E-state index in [-0.39, 0.29) is 5.69 Å². The largest absolute Gasteiger partial charge is 0.486 e. The van der Waals surface area contributed by atoms with Gasteiger partial charge in [0.15, 0.2) is 17.2 Å². The standard InChI is InChI=1S/C13H12N2O4/c1-15-12(13(16)17)9(7-14-15)8-2-3-10-11(6-8)19-5-4-18-10/h2-3,6-7H,4-5H2,1H3,(H,16,17). The minimum atomic E-state index is -1.01. The van der Waals surface area contributed by atoms with E-state index in [9.17, 15) is 9.90 Å². The Morgan fingerprint density at radius 3 is 2.79 bits per heavy atom. The summed E-state index contributed by atoms with van der Waals surface area (Å²) in [6.45, 7) is 1.02. The van der Waals surface area contributed by atoms with Crippen LogP contribution in [0.2, 0.25) is 0 Å². The molecule has 0 unspecified atom stereocenters. The zero-order valence-corrected chi connectivity index (χ0v) is 10.3. The van der Waals surface area contributed by atoms with Gasteiger partial charge in [-0.2, -0.15) is 5.10 Å². The van der Waals surface area contributed by atoms with Crippen LogP contribution >= 0.6 is 0 Å². The van der Waals surface area contributed by atoms with Crippen LogP contribution in [0, 0.1) is 0 Å². The molecule has 19 heavy (non-hydrogen) atoms. The molecule has 3 rings (SSSR count). The van der Waals surface area contributed by atoms with Crippen molar-refractivity contribution in [3.05, 3.63) is 30.1 Å². The van der Waals surface area contributed by atoms with Gasteiger partial charge in [0, 0.05) is 12.6 Å². The second kappa shape index (κ2) is 4.31. The molecule has 2 heterocycles. The average Bonchev–Trinajstić information content (AvgIpc) is 2.80. The maximum Gasteiger partial charge on any atom is 0.354 e. The summed E-state index contributed by atoms with van der Waals surface area (Å²) >= 11 is 0. The van der Waals surface area contributed by atoms with Crippen LogP contribution < -0.4 is 9.47 Å².